The number of amides is 2. The van der Waals surface area contributed by atoms with E-state index in [2.05, 4.69) is 4.98 Å². The molecule has 2 heterocycles. The summed E-state index contributed by atoms with van der Waals surface area (Å²) in [5.74, 6) is 0. The summed E-state index contributed by atoms with van der Waals surface area (Å²) in [4.78, 5) is 33.3. The Morgan fingerprint density at radius 2 is 1.97 bits per heavy atom. The maximum atomic E-state index is 13.1. The van der Waals surface area contributed by atoms with Gasteiger partial charge < -0.3 is 14.4 Å². The minimum Gasteiger partial charge on any atom is -0.445 e. The number of aromatic nitrogens is 1. The predicted octanol–water partition coefficient (Wildman–Crippen LogP) is 4.93. The number of thiazole rings is 1. The molecule has 0 spiro atoms. The second-order valence-corrected chi connectivity index (χ2v) is 9.96. The molecule has 1 aromatic heterocycles. The monoisotopic (exact) mass is 431 g/mol. The van der Waals surface area contributed by atoms with E-state index >= 15 is 0 Å². The van der Waals surface area contributed by atoms with E-state index in [1.165, 1.54) is 11.3 Å². The lowest BCUT2D eigenvalue weighted by Crippen LogP contribution is -2.50. The molecule has 1 atom stereocenters. The van der Waals surface area contributed by atoms with Gasteiger partial charge in [0.05, 0.1) is 6.04 Å². The van der Waals surface area contributed by atoms with Gasteiger partial charge in [0.15, 0.2) is 5.13 Å². The molecule has 0 unspecified atom stereocenters. The second-order valence-electron chi connectivity index (χ2n) is 9.09. The van der Waals surface area contributed by atoms with Crippen LogP contribution < -0.4 is 4.90 Å². The van der Waals surface area contributed by atoms with E-state index in [-0.39, 0.29) is 18.1 Å². The fourth-order valence-corrected chi connectivity index (χ4v) is 4.16. The van der Waals surface area contributed by atoms with Gasteiger partial charge in [0.2, 0.25) is 0 Å². The summed E-state index contributed by atoms with van der Waals surface area (Å²) in [5, 5.41) is 2.38. The van der Waals surface area contributed by atoms with Crippen LogP contribution in [0.2, 0.25) is 0 Å². The van der Waals surface area contributed by atoms with Crippen LogP contribution in [0.3, 0.4) is 0 Å². The summed E-state index contributed by atoms with van der Waals surface area (Å²) in [5.41, 5.74) is -0.0723. The first-order chi connectivity index (χ1) is 14.1. The Bertz CT molecular complexity index is 862. The van der Waals surface area contributed by atoms with Crippen LogP contribution in [0.1, 0.15) is 40.2 Å². The molecule has 0 saturated carbocycles. The number of carbonyl (C=O) groups excluding carboxylic acids is 2. The van der Waals surface area contributed by atoms with Crippen molar-refractivity contribution in [3.05, 3.63) is 47.5 Å². The van der Waals surface area contributed by atoms with E-state index in [0.717, 1.165) is 5.56 Å². The van der Waals surface area contributed by atoms with Gasteiger partial charge in [-0.3, -0.25) is 0 Å². The third kappa shape index (κ3) is 5.30. The minimum atomic E-state index is -0.635. The third-order valence-corrected chi connectivity index (χ3v) is 5.66. The Morgan fingerprint density at radius 3 is 2.57 bits per heavy atom. The molecule has 1 aromatic carbocycles. The minimum absolute atomic E-state index is 0.212. The summed E-state index contributed by atoms with van der Waals surface area (Å²) in [7, 11) is 0. The number of hydrogen-bond acceptors (Lipinski definition) is 6. The van der Waals surface area contributed by atoms with E-state index < -0.39 is 17.8 Å². The highest BCUT2D eigenvalue weighted by atomic mass is 32.1. The Hall–Kier alpha value is -2.61. The summed E-state index contributed by atoms with van der Waals surface area (Å²) in [6.07, 6.45) is 0.804. The van der Waals surface area contributed by atoms with Gasteiger partial charge in [0.1, 0.15) is 12.2 Å². The molecule has 0 bridgehead atoms. The standard InChI is InChI=1S/C22H29N3O4S/c1-21(2,3)29-20(27)25(18-23-11-12-30-18)17-13-24(15-22(17,4)5)19(26)28-14-16-9-7-6-8-10-16/h6-12,17H,13-15H2,1-5H3/t17-/m0/s1. The van der Waals surface area contributed by atoms with E-state index in [1.54, 1.807) is 16.0 Å². The fourth-order valence-electron chi connectivity index (χ4n) is 3.48. The summed E-state index contributed by atoms with van der Waals surface area (Å²) >= 11 is 1.37. The van der Waals surface area contributed by atoms with Gasteiger partial charge >= 0.3 is 12.2 Å². The molecular formula is C22H29N3O4S. The quantitative estimate of drug-likeness (QED) is 0.686. The van der Waals surface area contributed by atoms with Gasteiger partial charge in [-0.25, -0.2) is 19.5 Å². The van der Waals surface area contributed by atoms with Gasteiger partial charge in [0, 0.05) is 30.1 Å². The number of carbonyl (C=O) groups is 2. The molecule has 3 rings (SSSR count). The normalized spacial score (nSPS) is 18.2. The van der Waals surface area contributed by atoms with Gasteiger partial charge in [-0.2, -0.15) is 0 Å². The van der Waals surface area contributed by atoms with Crippen molar-refractivity contribution < 1.29 is 19.1 Å². The van der Waals surface area contributed by atoms with Crippen molar-refractivity contribution in [2.75, 3.05) is 18.0 Å². The molecule has 8 heteroatoms. The molecule has 30 heavy (non-hydrogen) atoms. The van der Waals surface area contributed by atoms with Crippen LogP contribution in [0.15, 0.2) is 41.9 Å². The van der Waals surface area contributed by atoms with Crippen LogP contribution in [0.25, 0.3) is 0 Å². The molecule has 162 valence electrons. The molecular weight excluding hydrogens is 402 g/mol. The molecule has 0 aliphatic carbocycles. The van der Waals surface area contributed by atoms with Crippen LogP contribution in [-0.4, -0.2) is 46.8 Å². The smallest absolute Gasteiger partial charge is 0.416 e. The van der Waals surface area contributed by atoms with Crippen molar-refractivity contribution in [2.24, 2.45) is 5.41 Å². The second kappa shape index (κ2) is 8.63. The first-order valence-electron chi connectivity index (χ1n) is 9.94. The van der Waals surface area contributed by atoms with Crippen molar-refractivity contribution in [1.82, 2.24) is 9.88 Å². The molecule has 2 amide bonds. The number of ether oxygens (including phenoxy) is 2. The lowest BCUT2D eigenvalue weighted by atomic mass is 9.87. The first-order valence-corrected chi connectivity index (χ1v) is 10.8. The van der Waals surface area contributed by atoms with E-state index in [0.29, 0.717) is 18.2 Å². The zero-order valence-electron chi connectivity index (χ0n) is 18.1. The zero-order valence-corrected chi connectivity index (χ0v) is 18.9. The topological polar surface area (TPSA) is 72.0 Å². The molecule has 0 radical (unpaired) electrons. The SMILES string of the molecule is CC(C)(C)OC(=O)N(c1nccs1)[C@H]1CN(C(=O)OCc2ccccc2)CC1(C)C. The van der Waals surface area contributed by atoms with Crippen LogP contribution in [-0.2, 0) is 16.1 Å². The van der Waals surface area contributed by atoms with Crippen molar-refractivity contribution in [1.29, 1.82) is 0 Å². The summed E-state index contributed by atoms with van der Waals surface area (Å²) in [6.45, 7) is 10.6. The average Bonchev–Trinajstić information content (AvgIpc) is 3.28. The summed E-state index contributed by atoms with van der Waals surface area (Å²) in [6, 6.07) is 9.27. The van der Waals surface area contributed by atoms with Gasteiger partial charge in [0.25, 0.3) is 0 Å². The average molecular weight is 432 g/mol. The van der Waals surface area contributed by atoms with Crippen LogP contribution in [0, 0.1) is 5.41 Å². The number of rotatable bonds is 4. The zero-order chi connectivity index (χ0) is 21.9. The van der Waals surface area contributed by atoms with Crippen molar-refractivity contribution >= 4 is 28.7 Å². The highest BCUT2D eigenvalue weighted by Gasteiger charge is 2.48. The number of anilines is 1. The number of likely N-dealkylation sites (tertiary alicyclic amines) is 1. The lowest BCUT2D eigenvalue weighted by Gasteiger charge is -2.35. The van der Waals surface area contributed by atoms with Crippen molar-refractivity contribution in [2.45, 2.75) is 52.9 Å². The predicted molar refractivity (Wildman–Crippen MR) is 117 cm³/mol. The molecule has 1 saturated heterocycles. The highest BCUT2D eigenvalue weighted by Crippen LogP contribution is 2.37. The van der Waals surface area contributed by atoms with Gasteiger partial charge in [-0.05, 0) is 26.3 Å². The molecule has 0 N–H and O–H groups in total. The largest absolute Gasteiger partial charge is 0.445 e. The van der Waals surface area contributed by atoms with E-state index in [1.807, 2.05) is 70.3 Å². The Labute approximate surface area is 181 Å². The number of benzene rings is 1. The highest BCUT2D eigenvalue weighted by molar-refractivity contribution is 7.13. The lowest BCUT2D eigenvalue weighted by molar-refractivity contribution is 0.0548. The van der Waals surface area contributed by atoms with E-state index in [9.17, 15) is 9.59 Å². The first kappa shape index (κ1) is 22.1. The molecule has 2 aromatic rings. The maximum absolute atomic E-state index is 13.1. The molecule has 1 aliphatic heterocycles. The van der Waals surface area contributed by atoms with Gasteiger partial charge in [-0.1, -0.05) is 44.2 Å². The van der Waals surface area contributed by atoms with Crippen LogP contribution in [0.5, 0.6) is 0 Å². The van der Waals surface area contributed by atoms with Crippen LogP contribution >= 0.6 is 11.3 Å². The fraction of sp³-hybridized carbons (Fsp3) is 0.500. The van der Waals surface area contributed by atoms with Crippen LogP contribution in [0.4, 0.5) is 14.7 Å². The maximum Gasteiger partial charge on any atom is 0.416 e. The molecule has 1 fully saturated rings. The summed E-state index contributed by atoms with van der Waals surface area (Å²) < 4.78 is 11.2. The van der Waals surface area contributed by atoms with Crippen molar-refractivity contribution in [3.8, 4) is 0 Å². The third-order valence-electron chi connectivity index (χ3n) is 4.88. The molecule has 1 aliphatic rings. The Balaban J connectivity index is 1.76. The Morgan fingerprint density at radius 1 is 1.27 bits per heavy atom. The van der Waals surface area contributed by atoms with E-state index in [4.69, 9.17) is 9.47 Å². The Kier molecular flexibility index (Phi) is 6.36. The molecule has 7 nitrogen and oxygen atoms in total. The number of hydrogen-bond donors (Lipinski definition) is 0. The number of nitrogens with zero attached hydrogens (tertiary/aromatic N) is 3. The van der Waals surface area contributed by atoms with Gasteiger partial charge in [-0.15, -0.1) is 11.3 Å². The van der Waals surface area contributed by atoms with Crippen molar-refractivity contribution in [3.63, 3.8) is 0 Å².